The Kier molecular flexibility index (Phi) is 2.44. The summed E-state index contributed by atoms with van der Waals surface area (Å²) in [5, 5.41) is 0. The highest BCUT2D eigenvalue weighted by molar-refractivity contribution is 6.23. The van der Waals surface area contributed by atoms with E-state index in [9.17, 15) is 22.8 Å². The lowest BCUT2D eigenvalue weighted by Crippen LogP contribution is -2.34. The van der Waals surface area contributed by atoms with Gasteiger partial charge in [0.1, 0.15) is 0 Å². The minimum Gasteiger partial charge on any atom is -0.274 e. The molecule has 2 amide bonds. The van der Waals surface area contributed by atoms with Gasteiger partial charge in [-0.3, -0.25) is 14.5 Å². The highest BCUT2D eigenvalue weighted by Crippen LogP contribution is 2.73. The van der Waals surface area contributed by atoms with Gasteiger partial charge in [0, 0.05) is 0 Å². The number of fused-ring (bicyclic) bond motifs is 3. The Labute approximate surface area is 136 Å². The first-order valence-electron chi connectivity index (χ1n) is 8.08. The van der Waals surface area contributed by atoms with Crippen LogP contribution >= 0.6 is 0 Å². The maximum atomic E-state index is 12.9. The van der Waals surface area contributed by atoms with E-state index in [4.69, 9.17) is 0 Å². The highest BCUT2D eigenvalue weighted by atomic mass is 19.4. The summed E-state index contributed by atoms with van der Waals surface area (Å²) in [7, 11) is 0. The first-order valence-corrected chi connectivity index (χ1v) is 8.08. The fourth-order valence-electron chi connectivity index (χ4n) is 5.15. The van der Waals surface area contributed by atoms with E-state index in [1.165, 1.54) is 12.1 Å². The standard InChI is InChI=1S/C18H14F3NO2/c19-18(20,21)9-2-1-3-10(8-9)22-15(23)13-11-4-5-12(14(13)16(22)24)17(11)6-7-17/h1-5,8,11-14H,6-7H2/t11-,12-,13-,14-/m0/s1. The van der Waals surface area contributed by atoms with Gasteiger partial charge in [-0.05, 0) is 48.3 Å². The summed E-state index contributed by atoms with van der Waals surface area (Å²) in [6.45, 7) is 0. The molecule has 4 atom stereocenters. The maximum absolute atomic E-state index is 12.9. The molecule has 1 aromatic rings. The number of hydrogen-bond acceptors (Lipinski definition) is 2. The predicted molar refractivity (Wildman–Crippen MR) is 78.7 cm³/mol. The zero-order chi connectivity index (χ0) is 16.9. The Morgan fingerprint density at radius 1 is 1.00 bits per heavy atom. The Morgan fingerprint density at radius 2 is 1.58 bits per heavy atom. The molecule has 0 unspecified atom stereocenters. The number of benzene rings is 1. The van der Waals surface area contributed by atoms with Crippen LogP contribution < -0.4 is 4.90 Å². The largest absolute Gasteiger partial charge is 0.416 e. The Balaban J connectivity index is 1.54. The van der Waals surface area contributed by atoms with Crippen LogP contribution in [-0.4, -0.2) is 11.8 Å². The molecule has 1 heterocycles. The molecule has 0 aromatic heterocycles. The fourth-order valence-corrected chi connectivity index (χ4v) is 5.15. The third kappa shape index (κ3) is 1.54. The number of anilines is 1. The van der Waals surface area contributed by atoms with Gasteiger partial charge in [-0.1, -0.05) is 18.2 Å². The molecule has 1 aliphatic heterocycles. The van der Waals surface area contributed by atoms with Crippen molar-refractivity contribution in [3.05, 3.63) is 42.0 Å². The van der Waals surface area contributed by atoms with Crippen molar-refractivity contribution in [1.82, 2.24) is 0 Å². The molecule has 24 heavy (non-hydrogen) atoms. The van der Waals surface area contributed by atoms with Gasteiger partial charge in [-0.15, -0.1) is 0 Å². The van der Waals surface area contributed by atoms with Crippen molar-refractivity contribution < 1.29 is 22.8 Å². The molecule has 3 fully saturated rings. The summed E-state index contributed by atoms with van der Waals surface area (Å²) >= 11 is 0. The van der Waals surface area contributed by atoms with Gasteiger partial charge >= 0.3 is 6.18 Å². The van der Waals surface area contributed by atoms with E-state index in [1.54, 1.807) is 0 Å². The second kappa shape index (κ2) is 4.10. The van der Waals surface area contributed by atoms with Gasteiger partial charge in [0.2, 0.25) is 11.8 Å². The minimum absolute atomic E-state index is 0.0264. The maximum Gasteiger partial charge on any atom is 0.416 e. The molecule has 5 rings (SSSR count). The fraction of sp³-hybridized carbons (Fsp3) is 0.444. The number of halogens is 3. The van der Waals surface area contributed by atoms with Gasteiger partial charge < -0.3 is 0 Å². The average molecular weight is 333 g/mol. The molecule has 0 radical (unpaired) electrons. The average Bonchev–Trinajstić information content (AvgIpc) is 3.12. The van der Waals surface area contributed by atoms with Crippen LogP contribution in [0.3, 0.4) is 0 Å². The first kappa shape index (κ1) is 14.3. The molecule has 3 aliphatic carbocycles. The molecule has 2 bridgehead atoms. The van der Waals surface area contributed by atoms with E-state index >= 15 is 0 Å². The smallest absolute Gasteiger partial charge is 0.274 e. The van der Waals surface area contributed by atoms with Crippen molar-refractivity contribution in [1.29, 1.82) is 0 Å². The van der Waals surface area contributed by atoms with Crippen LogP contribution in [0.25, 0.3) is 0 Å². The molecule has 4 aliphatic rings. The van der Waals surface area contributed by atoms with E-state index in [2.05, 4.69) is 0 Å². The van der Waals surface area contributed by atoms with Gasteiger partial charge in [0.05, 0.1) is 23.1 Å². The van der Waals surface area contributed by atoms with E-state index in [0.717, 1.165) is 29.9 Å². The van der Waals surface area contributed by atoms with Crippen LogP contribution in [-0.2, 0) is 15.8 Å². The molecule has 1 aromatic carbocycles. The van der Waals surface area contributed by atoms with Crippen LogP contribution in [0.4, 0.5) is 18.9 Å². The lowest BCUT2D eigenvalue weighted by Gasteiger charge is -2.22. The Morgan fingerprint density at radius 3 is 2.08 bits per heavy atom. The number of amides is 2. The Hall–Kier alpha value is -2.11. The second-order valence-electron chi connectivity index (χ2n) is 7.28. The van der Waals surface area contributed by atoms with Crippen LogP contribution in [0.2, 0.25) is 0 Å². The van der Waals surface area contributed by atoms with Crippen molar-refractivity contribution in [3.63, 3.8) is 0 Å². The van der Waals surface area contributed by atoms with E-state index in [0.29, 0.717) is 0 Å². The van der Waals surface area contributed by atoms with Crippen molar-refractivity contribution in [3.8, 4) is 0 Å². The van der Waals surface area contributed by atoms with E-state index in [1.807, 2.05) is 12.2 Å². The highest BCUT2D eigenvalue weighted by Gasteiger charge is 2.73. The lowest BCUT2D eigenvalue weighted by atomic mass is 9.85. The van der Waals surface area contributed by atoms with E-state index < -0.39 is 23.6 Å². The minimum atomic E-state index is -4.50. The molecule has 1 saturated heterocycles. The third-order valence-corrected chi connectivity index (χ3v) is 6.28. The zero-order valence-corrected chi connectivity index (χ0v) is 12.6. The van der Waals surface area contributed by atoms with Gasteiger partial charge in [0.15, 0.2) is 0 Å². The molecular formula is C18H14F3NO2. The van der Waals surface area contributed by atoms with Gasteiger partial charge in [0.25, 0.3) is 0 Å². The number of hydrogen-bond donors (Lipinski definition) is 0. The number of nitrogens with zero attached hydrogens (tertiary/aromatic N) is 1. The van der Waals surface area contributed by atoms with Crippen LogP contribution in [0.1, 0.15) is 18.4 Å². The van der Waals surface area contributed by atoms with Crippen molar-refractivity contribution in [2.45, 2.75) is 19.0 Å². The number of carbonyl (C=O) groups is 2. The first-order chi connectivity index (χ1) is 11.3. The molecule has 1 spiro atoms. The molecular weight excluding hydrogens is 319 g/mol. The number of allylic oxidation sites excluding steroid dienone is 2. The summed E-state index contributed by atoms with van der Waals surface area (Å²) < 4.78 is 38.8. The topological polar surface area (TPSA) is 37.4 Å². The summed E-state index contributed by atoms with van der Waals surface area (Å²) in [6, 6.07) is 4.47. The summed E-state index contributed by atoms with van der Waals surface area (Å²) in [4.78, 5) is 26.7. The zero-order valence-electron chi connectivity index (χ0n) is 12.6. The quantitative estimate of drug-likeness (QED) is 0.583. The number of carbonyl (C=O) groups excluding carboxylic acids is 2. The second-order valence-corrected chi connectivity index (χ2v) is 7.28. The van der Waals surface area contributed by atoms with Gasteiger partial charge in [-0.25, -0.2) is 0 Å². The molecule has 2 saturated carbocycles. The van der Waals surface area contributed by atoms with Crippen molar-refractivity contribution in [2.24, 2.45) is 29.1 Å². The number of alkyl halides is 3. The third-order valence-electron chi connectivity index (χ3n) is 6.28. The molecule has 3 nitrogen and oxygen atoms in total. The Bertz CT molecular complexity index is 775. The van der Waals surface area contributed by atoms with Gasteiger partial charge in [-0.2, -0.15) is 13.2 Å². The van der Waals surface area contributed by atoms with Crippen molar-refractivity contribution >= 4 is 17.5 Å². The van der Waals surface area contributed by atoms with Crippen LogP contribution in [0.5, 0.6) is 0 Å². The molecule has 0 N–H and O–H groups in total. The SMILES string of the molecule is O=C1[C@@H]2[C@@H](C(=O)N1c1cccc(C(F)(F)F)c1)[C@@H]1C=C[C@@H]2C12CC2. The normalized spacial score (nSPS) is 35.2. The molecule has 124 valence electrons. The lowest BCUT2D eigenvalue weighted by molar-refractivity contribution is -0.137. The van der Waals surface area contributed by atoms with Crippen LogP contribution in [0, 0.1) is 29.1 Å². The van der Waals surface area contributed by atoms with Crippen LogP contribution in [0.15, 0.2) is 36.4 Å². The van der Waals surface area contributed by atoms with E-state index in [-0.39, 0.29) is 34.8 Å². The summed E-state index contributed by atoms with van der Waals surface area (Å²) in [5.41, 5.74) is -0.739. The van der Waals surface area contributed by atoms with Crippen molar-refractivity contribution in [2.75, 3.05) is 4.90 Å². The monoisotopic (exact) mass is 333 g/mol. The molecule has 6 heteroatoms. The summed E-state index contributed by atoms with van der Waals surface area (Å²) in [5.74, 6) is -1.34. The predicted octanol–water partition coefficient (Wildman–Crippen LogP) is 3.41. The number of imide groups is 1. The number of rotatable bonds is 1. The summed E-state index contributed by atoms with van der Waals surface area (Å²) in [6.07, 6.45) is 1.65.